The quantitative estimate of drug-likeness (QED) is 0.911. The molecule has 2 aliphatic rings. The molecule has 0 aromatic carbocycles. The fourth-order valence-electron chi connectivity index (χ4n) is 3.45. The number of hydrogen-bond donors (Lipinski definition) is 1. The van der Waals surface area contributed by atoms with Gasteiger partial charge in [0.25, 0.3) is 0 Å². The predicted molar refractivity (Wildman–Crippen MR) is 76.1 cm³/mol. The monoisotopic (exact) mass is 265 g/mol. The van der Waals surface area contributed by atoms with Crippen molar-refractivity contribution < 1.29 is 0 Å². The van der Waals surface area contributed by atoms with Gasteiger partial charge in [0.05, 0.1) is 5.01 Å². The lowest BCUT2D eigenvalue weighted by Crippen LogP contribution is -2.39. The van der Waals surface area contributed by atoms with Gasteiger partial charge in [-0.2, -0.15) is 0 Å². The molecule has 0 radical (unpaired) electrons. The smallest absolute Gasteiger partial charge is 0.0960 e. The standard InChI is InChI=1S/C14H23N3S/c1-9(15-2)13-8-16-14(18-13)10-6-11-4-5-12(7-10)17(11)3/h8-12,15H,4-7H2,1-3H3. The van der Waals surface area contributed by atoms with E-state index in [0.717, 1.165) is 12.1 Å². The van der Waals surface area contributed by atoms with Crippen molar-refractivity contribution in [2.24, 2.45) is 0 Å². The van der Waals surface area contributed by atoms with Crippen molar-refractivity contribution in [2.45, 2.75) is 56.7 Å². The van der Waals surface area contributed by atoms with Crippen LogP contribution >= 0.6 is 11.3 Å². The molecule has 3 heterocycles. The molecule has 4 heteroatoms. The van der Waals surface area contributed by atoms with Crippen molar-refractivity contribution in [1.82, 2.24) is 15.2 Å². The molecule has 2 fully saturated rings. The second-order valence-corrected chi connectivity index (χ2v) is 6.92. The number of rotatable bonds is 3. The van der Waals surface area contributed by atoms with E-state index >= 15 is 0 Å². The molecule has 3 unspecified atom stereocenters. The van der Waals surface area contributed by atoms with Gasteiger partial charge in [0.15, 0.2) is 0 Å². The Morgan fingerprint density at radius 1 is 1.39 bits per heavy atom. The number of fused-ring (bicyclic) bond motifs is 2. The molecular formula is C14H23N3S. The third kappa shape index (κ3) is 2.10. The van der Waals surface area contributed by atoms with Crippen LogP contribution in [0.1, 0.15) is 54.5 Å². The third-order valence-corrected chi connectivity index (χ3v) is 6.19. The van der Waals surface area contributed by atoms with Crippen LogP contribution in [0.3, 0.4) is 0 Å². The van der Waals surface area contributed by atoms with Crippen molar-refractivity contribution in [3.8, 4) is 0 Å². The molecule has 100 valence electrons. The molecule has 18 heavy (non-hydrogen) atoms. The Labute approximate surface area is 114 Å². The minimum atomic E-state index is 0.430. The Balaban J connectivity index is 1.74. The number of nitrogens with zero attached hydrogens (tertiary/aromatic N) is 2. The number of piperidine rings is 1. The molecule has 3 nitrogen and oxygen atoms in total. The zero-order valence-electron chi connectivity index (χ0n) is 11.5. The van der Waals surface area contributed by atoms with E-state index in [4.69, 9.17) is 4.98 Å². The average Bonchev–Trinajstić information content (AvgIpc) is 2.92. The lowest BCUT2D eigenvalue weighted by Gasteiger charge is -2.35. The highest BCUT2D eigenvalue weighted by molar-refractivity contribution is 7.11. The van der Waals surface area contributed by atoms with E-state index in [-0.39, 0.29) is 0 Å². The lowest BCUT2D eigenvalue weighted by atomic mass is 9.92. The van der Waals surface area contributed by atoms with Crippen molar-refractivity contribution in [3.63, 3.8) is 0 Å². The van der Waals surface area contributed by atoms with Gasteiger partial charge < -0.3 is 10.2 Å². The molecule has 0 aliphatic carbocycles. The van der Waals surface area contributed by atoms with Crippen LogP contribution in [0.25, 0.3) is 0 Å². The Kier molecular flexibility index (Phi) is 3.43. The molecule has 1 aromatic heterocycles. The van der Waals surface area contributed by atoms with Crippen LogP contribution < -0.4 is 5.32 Å². The van der Waals surface area contributed by atoms with Gasteiger partial charge in [0.1, 0.15) is 0 Å². The van der Waals surface area contributed by atoms with E-state index in [2.05, 4.69) is 30.4 Å². The Hall–Kier alpha value is -0.450. The minimum absolute atomic E-state index is 0.430. The second-order valence-electron chi connectivity index (χ2n) is 5.83. The molecular weight excluding hydrogens is 242 g/mol. The van der Waals surface area contributed by atoms with Gasteiger partial charge in [0.2, 0.25) is 0 Å². The highest BCUT2D eigenvalue weighted by Gasteiger charge is 2.39. The first kappa shape index (κ1) is 12.6. The van der Waals surface area contributed by atoms with Gasteiger partial charge in [-0.15, -0.1) is 11.3 Å². The van der Waals surface area contributed by atoms with E-state index in [9.17, 15) is 0 Å². The van der Waals surface area contributed by atoms with E-state index in [1.807, 2.05) is 18.4 Å². The highest BCUT2D eigenvalue weighted by Crippen LogP contribution is 2.43. The lowest BCUT2D eigenvalue weighted by molar-refractivity contribution is 0.161. The average molecular weight is 265 g/mol. The molecule has 0 spiro atoms. The van der Waals surface area contributed by atoms with Crippen LogP contribution in [0.5, 0.6) is 0 Å². The van der Waals surface area contributed by atoms with Gasteiger partial charge in [-0.3, -0.25) is 0 Å². The van der Waals surface area contributed by atoms with Gasteiger partial charge in [0, 0.05) is 35.1 Å². The molecule has 3 rings (SSSR count). The van der Waals surface area contributed by atoms with Crippen LogP contribution in [0.4, 0.5) is 0 Å². The first-order valence-corrected chi connectivity index (χ1v) is 7.85. The van der Waals surface area contributed by atoms with Gasteiger partial charge in [-0.1, -0.05) is 0 Å². The second kappa shape index (κ2) is 4.91. The summed E-state index contributed by atoms with van der Waals surface area (Å²) in [5, 5.41) is 4.67. The Morgan fingerprint density at radius 3 is 2.67 bits per heavy atom. The number of thiazole rings is 1. The summed E-state index contributed by atoms with van der Waals surface area (Å²) >= 11 is 1.91. The van der Waals surface area contributed by atoms with Crippen LogP contribution in [0.2, 0.25) is 0 Å². The Morgan fingerprint density at radius 2 is 2.06 bits per heavy atom. The van der Waals surface area contributed by atoms with Crippen LogP contribution in [0, 0.1) is 0 Å². The van der Waals surface area contributed by atoms with Crippen molar-refractivity contribution in [3.05, 3.63) is 16.1 Å². The third-order valence-electron chi connectivity index (χ3n) is 4.85. The van der Waals surface area contributed by atoms with Crippen molar-refractivity contribution >= 4 is 11.3 Å². The van der Waals surface area contributed by atoms with Crippen molar-refractivity contribution in [1.29, 1.82) is 0 Å². The molecule has 3 atom stereocenters. The number of nitrogens with one attached hydrogen (secondary N) is 1. The number of aromatic nitrogens is 1. The zero-order chi connectivity index (χ0) is 12.7. The first-order chi connectivity index (χ1) is 8.69. The molecule has 0 saturated carbocycles. The summed E-state index contributed by atoms with van der Waals surface area (Å²) in [7, 11) is 4.31. The maximum atomic E-state index is 4.69. The summed E-state index contributed by atoms with van der Waals surface area (Å²) in [5.74, 6) is 0.710. The SMILES string of the molecule is CNC(C)c1cnc(C2CC3CCC(C2)N3C)s1. The minimum Gasteiger partial charge on any atom is -0.312 e. The van der Waals surface area contributed by atoms with E-state index < -0.39 is 0 Å². The van der Waals surface area contributed by atoms with Crippen molar-refractivity contribution in [2.75, 3.05) is 14.1 Å². The van der Waals surface area contributed by atoms with E-state index in [1.54, 1.807) is 0 Å². The largest absolute Gasteiger partial charge is 0.312 e. The fraction of sp³-hybridized carbons (Fsp3) is 0.786. The van der Waals surface area contributed by atoms with E-state index in [0.29, 0.717) is 12.0 Å². The van der Waals surface area contributed by atoms with Gasteiger partial charge >= 0.3 is 0 Å². The summed E-state index contributed by atoms with van der Waals surface area (Å²) in [6.45, 7) is 2.20. The maximum absolute atomic E-state index is 4.69. The molecule has 2 aliphatic heterocycles. The summed E-state index contributed by atoms with van der Waals surface area (Å²) in [4.78, 5) is 8.66. The summed E-state index contributed by atoms with van der Waals surface area (Å²) < 4.78 is 0. The van der Waals surface area contributed by atoms with Crippen LogP contribution in [0.15, 0.2) is 6.20 Å². The topological polar surface area (TPSA) is 28.2 Å². The molecule has 1 aromatic rings. The Bertz CT molecular complexity index is 403. The van der Waals surface area contributed by atoms with Crippen LogP contribution in [-0.2, 0) is 0 Å². The molecule has 1 N–H and O–H groups in total. The fourth-order valence-corrected chi connectivity index (χ4v) is 4.55. The first-order valence-electron chi connectivity index (χ1n) is 7.04. The van der Waals surface area contributed by atoms with Gasteiger partial charge in [-0.25, -0.2) is 4.98 Å². The summed E-state index contributed by atoms with van der Waals surface area (Å²) in [6, 6.07) is 2.05. The molecule has 2 saturated heterocycles. The van der Waals surface area contributed by atoms with Crippen LogP contribution in [-0.4, -0.2) is 36.1 Å². The molecule has 0 amide bonds. The zero-order valence-corrected chi connectivity index (χ0v) is 12.3. The summed E-state index contributed by atoms with van der Waals surface area (Å²) in [6.07, 6.45) is 7.48. The van der Waals surface area contributed by atoms with E-state index in [1.165, 1.54) is 35.6 Å². The predicted octanol–water partition coefficient (Wildman–Crippen LogP) is 2.76. The molecule has 2 bridgehead atoms. The normalized spacial score (nSPS) is 33.8. The highest BCUT2D eigenvalue weighted by atomic mass is 32.1. The number of hydrogen-bond acceptors (Lipinski definition) is 4. The maximum Gasteiger partial charge on any atom is 0.0960 e. The summed E-state index contributed by atoms with van der Waals surface area (Å²) in [5.41, 5.74) is 0. The van der Waals surface area contributed by atoms with Gasteiger partial charge in [-0.05, 0) is 46.7 Å².